The van der Waals surface area contributed by atoms with Crippen LogP contribution in [-0.4, -0.2) is 15.0 Å². The van der Waals surface area contributed by atoms with Crippen LogP contribution in [0.4, 0.5) is 0 Å². The first-order chi connectivity index (χ1) is 6.77. The number of aromatic nitrogens is 3. The number of aromatic amines is 1. The van der Waals surface area contributed by atoms with Crippen LogP contribution in [0, 0.1) is 6.92 Å². The van der Waals surface area contributed by atoms with Gasteiger partial charge in [-0.1, -0.05) is 0 Å². The van der Waals surface area contributed by atoms with Gasteiger partial charge in [0.15, 0.2) is 0 Å². The summed E-state index contributed by atoms with van der Waals surface area (Å²) in [5.41, 5.74) is 2.21. The van der Waals surface area contributed by atoms with Crippen molar-refractivity contribution in [3.63, 3.8) is 0 Å². The van der Waals surface area contributed by atoms with Gasteiger partial charge < -0.3 is 4.98 Å². The molecule has 0 atom stereocenters. The second kappa shape index (κ2) is 3.41. The van der Waals surface area contributed by atoms with Crippen LogP contribution in [0.5, 0.6) is 0 Å². The molecule has 2 aromatic heterocycles. The summed E-state index contributed by atoms with van der Waals surface area (Å²) in [6.07, 6.45) is 6.30. The number of H-pyrrole nitrogens is 1. The fourth-order valence-corrected chi connectivity index (χ4v) is 1.25. The largest absolute Gasteiger partial charge is 0.313 e. The van der Waals surface area contributed by atoms with Crippen molar-refractivity contribution in [3.05, 3.63) is 46.9 Å². The third-order valence-corrected chi connectivity index (χ3v) is 1.90. The quantitative estimate of drug-likeness (QED) is 0.728. The maximum atomic E-state index is 11.4. The summed E-state index contributed by atoms with van der Waals surface area (Å²) in [6, 6.07) is 1.90. The highest BCUT2D eigenvalue weighted by molar-refractivity contribution is 5.60. The fourth-order valence-electron chi connectivity index (χ4n) is 1.25. The third kappa shape index (κ3) is 1.54. The first-order valence-electron chi connectivity index (χ1n) is 4.22. The molecule has 2 rings (SSSR count). The number of hydrogen-bond donors (Lipinski definition) is 1. The number of hydrogen-bond acceptors (Lipinski definition) is 3. The molecular weight excluding hydrogens is 178 g/mol. The second-order valence-electron chi connectivity index (χ2n) is 3.05. The lowest BCUT2D eigenvalue weighted by atomic mass is 10.1. The minimum absolute atomic E-state index is 0.146. The Morgan fingerprint density at radius 2 is 2.07 bits per heavy atom. The fraction of sp³-hybridized carbons (Fsp3) is 0.100. The van der Waals surface area contributed by atoms with Crippen LogP contribution in [0.25, 0.3) is 11.1 Å². The van der Waals surface area contributed by atoms with Gasteiger partial charge in [0.2, 0.25) is 0 Å². The Balaban J connectivity index is 2.61. The topological polar surface area (TPSA) is 58.6 Å². The van der Waals surface area contributed by atoms with Crippen molar-refractivity contribution in [2.45, 2.75) is 6.92 Å². The van der Waals surface area contributed by atoms with Gasteiger partial charge in [0.05, 0.1) is 11.9 Å². The first-order valence-corrected chi connectivity index (χ1v) is 4.22. The Kier molecular flexibility index (Phi) is 2.10. The van der Waals surface area contributed by atoms with Crippen LogP contribution < -0.4 is 5.56 Å². The lowest BCUT2D eigenvalue weighted by Crippen LogP contribution is -2.08. The zero-order valence-electron chi connectivity index (χ0n) is 7.69. The van der Waals surface area contributed by atoms with E-state index in [1.165, 1.54) is 12.5 Å². The minimum Gasteiger partial charge on any atom is -0.313 e. The molecule has 4 nitrogen and oxygen atoms in total. The zero-order chi connectivity index (χ0) is 9.97. The molecular formula is C10H9N3O. The molecule has 0 spiro atoms. The molecule has 4 heteroatoms. The number of nitrogens with one attached hydrogen (secondary N) is 1. The van der Waals surface area contributed by atoms with E-state index in [4.69, 9.17) is 0 Å². The lowest BCUT2D eigenvalue weighted by molar-refractivity contribution is 1.12. The highest BCUT2D eigenvalue weighted by Gasteiger charge is 2.02. The summed E-state index contributed by atoms with van der Waals surface area (Å²) < 4.78 is 0. The molecule has 0 aromatic carbocycles. The van der Waals surface area contributed by atoms with Gasteiger partial charge in [-0.05, 0) is 18.6 Å². The predicted octanol–water partition coefficient (Wildman–Crippen LogP) is 1.14. The number of rotatable bonds is 1. The Labute approximate surface area is 80.7 Å². The van der Waals surface area contributed by atoms with E-state index >= 15 is 0 Å². The van der Waals surface area contributed by atoms with Crippen LogP contribution >= 0.6 is 0 Å². The summed E-state index contributed by atoms with van der Waals surface area (Å²) in [5, 5.41) is 0. The maximum absolute atomic E-state index is 11.4. The van der Waals surface area contributed by atoms with Gasteiger partial charge in [-0.15, -0.1) is 0 Å². The van der Waals surface area contributed by atoms with Gasteiger partial charge in [-0.25, -0.2) is 4.98 Å². The Morgan fingerprint density at radius 3 is 2.79 bits per heavy atom. The molecule has 2 heterocycles. The summed E-state index contributed by atoms with van der Waals surface area (Å²) in [5.74, 6) is 0. The van der Waals surface area contributed by atoms with Crippen molar-refractivity contribution >= 4 is 0 Å². The number of nitrogens with zero attached hydrogens (tertiary/aromatic N) is 2. The molecule has 0 fully saturated rings. The van der Waals surface area contributed by atoms with E-state index in [0.717, 1.165) is 11.1 Å². The van der Waals surface area contributed by atoms with Crippen molar-refractivity contribution in [3.8, 4) is 11.1 Å². The average Bonchev–Trinajstić information content (AvgIpc) is 2.18. The molecule has 0 aliphatic heterocycles. The monoisotopic (exact) mass is 187 g/mol. The highest BCUT2D eigenvalue weighted by Crippen LogP contribution is 2.12. The number of pyridine rings is 1. The van der Waals surface area contributed by atoms with Gasteiger partial charge in [0, 0.05) is 24.2 Å². The maximum Gasteiger partial charge on any atom is 0.258 e. The molecule has 0 bridgehead atoms. The van der Waals surface area contributed by atoms with E-state index in [1.807, 2.05) is 13.0 Å². The molecule has 70 valence electrons. The van der Waals surface area contributed by atoms with Gasteiger partial charge in [-0.2, -0.15) is 0 Å². The molecule has 0 amide bonds. The van der Waals surface area contributed by atoms with Crippen molar-refractivity contribution in [1.82, 2.24) is 15.0 Å². The molecule has 0 saturated carbocycles. The molecule has 14 heavy (non-hydrogen) atoms. The van der Waals surface area contributed by atoms with Crippen LogP contribution in [0.3, 0.4) is 0 Å². The normalized spacial score (nSPS) is 10.1. The van der Waals surface area contributed by atoms with Crippen molar-refractivity contribution in [1.29, 1.82) is 0 Å². The van der Waals surface area contributed by atoms with Crippen molar-refractivity contribution in [2.24, 2.45) is 0 Å². The van der Waals surface area contributed by atoms with Crippen molar-refractivity contribution < 1.29 is 0 Å². The van der Waals surface area contributed by atoms with Crippen LogP contribution in [-0.2, 0) is 0 Å². The van der Waals surface area contributed by atoms with E-state index < -0.39 is 0 Å². The summed E-state index contributed by atoms with van der Waals surface area (Å²) in [7, 11) is 0. The minimum atomic E-state index is -0.146. The molecule has 2 aromatic rings. The highest BCUT2D eigenvalue weighted by atomic mass is 16.1. The Morgan fingerprint density at radius 1 is 1.21 bits per heavy atom. The third-order valence-electron chi connectivity index (χ3n) is 1.90. The average molecular weight is 187 g/mol. The van der Waals surface area contributed by atoms with Gasteiger partial charge >= 0.3 is 0 Å². The SMILES string of the molecule is Cc1cncc(-c2cnc[nH]c2=O)c1. The Hall–Kier alpha value is -1.97. The van der Waals surface area contributed by atoms with Crippen molar-refractivity contribution in [2.75, 3.05) is 0 Å². The van der Waals surface area contributed by atoms with Crippen LogP contribution in [0.15, 0.2) is 35.8 Å². The van der Waals surface area contributed by atoms with Gasteiger partial charge in [-0.3, -0.25) is 9.78 Å². The molecule has 0 saturated heterocycles. The van der Waals surface area contributed by atoms with E-state index in [1.54, 1.807) is 12.4 Å². The Bertz CT molecular complexity index is 504. The van der Waals surface area contributed by atoms with E-state index in [9.17, 15) is 4.79 Å². The summed E-state index contributed by atoms with van der Waals surface area (Å²) in [4.78, 5) is 21.8. The summed E-state index contributed by atoms with van der Waals surface area (Å²) in [6.45, 7) is 1.93. The van der Waals surface area contributed by atoms with E-state index in [-0.39, 0.29) is 5.56 Å². The summed E-state index contributed by atoms with van der Waals surface area (Å²) >= 11 is 0. The zero-order valence-corrected chi connectivity index (χ0v) is 7.69. The van der Waals surface area contributed by atoms with Gasteiger partial charge in [0.1, 0.15) is 0 Å². The standard InChI is InChI=1S/C10H9N3O/c1-7-2-8(4-11-3-7)9-5-12-6-13-10(9)14/h2-6H,1H3,(H,12,13,14). The van der Waals surface area contributed by atoms with E-state index in [2.05, 4.69) is 15.0 Å². The molecule has 0 unspecified atom stereocenters. The van der Waals surface area contributed by atoms with E-state index in [0.29, 0.717) is 5.56 Å². The molecule has 1 N–H and O–H groups in total. The lowest BCUT2D eigenvalue weighted by Gasteiger charge is -1.99. The van der Waals surface area contributed by atoms with Crippen LogP contribution in [0.1, 0.15) is 5.56 Å². The predicted molar refractivity (Wildman–Crippen MR) is 52.8 cm³/mol. The second-order valence-corrected chi connectivity index (χ2v) is 3.05. The number of aryl methyl sites for hydroxylation is 1. The molecule has 0 radical (unpaired) electrons. The van der Waals surface area contributed by atoms with Gasteiger partial charge in [0.25, 0.3) is 5.56 Å². The molecule has 0 aliphatic carbocycles. The smallest absolute Gasteiger partial charge is 0.258 e. The molecule has 0 aliphatic rings. The van der Waals surface area contributed by atoms with Crippen LogP contribution in [0.2, 0.25) is 0 Å². The first kappa shape index (κ1) is 8.62.